The van der Waals surface area contributed by atoms with Crippen molar-refractivity contribution < 1.29 is 23.4 Å². The number of methoxy groups -OCH3 is 3. The van der Waals surface area contributed by atoms with Crippen molar-refractivity contribution in [3.8, 4) is 17.2 Å². The number of carbonyl (C=O) groups is 1. The fourth-order valence-corrected chi connectivity index (χ4v) is 2.56. The second kappa shape index (κ2) is 8.87. The summed E-state index contributed by atoms with van der Waals surface area (Å²) in [5, 5.41) is 5.65. The SMILES string of the molecule is COc1cc(NC(=O)c2ccnc(Nc3ccc(F)cc3)n2)cc(OC)c1OC. The molecule has 0 unspecified atom stereocenters. The van der Waals surface area contributed by atoms with Crippen molar-refractivity contribution in [1.29, 1.82) is 0 Å². The zero-order chi connectivity index (χ0) is 20.8. The number of carbonyl (C=O) groups excluding carboxylic acids is 1. The van der Waals surface area contributed by atoms with E-state index in [1.165, 1.54) is 45.7 Å². The Morgan fingerprint density at radius 3 is 2.17 bits per heavy atom. The van der Waals surface area contributed by atoms with Crippen LogP contribution in [0, 0.1) is 5.82 Å². The molecule has 1 aromatic heterocycles. The Morgan fingerprint density at radius 2 is 1.59 bits per heavy atom. The predicted molar refractivity (Wildman–Crippen MR) is 106 cm³/mol. The Bertz CT molecular complexity index is 987. The van der Waals surface area contributed by atoms with Gasteiger partial charge in [-0.25, -0.2) is 14.4 Å². The molecule has 0 saturated carbocycles. The maximum absolute atomic E-state index is 13.0. The number of benzene rings is 2. The third-order valence-electron chi connectivity index (χ3n) is 3.91. The molecule has 0 aliphatic carbocycles. The number of nitrogens with zero attached hydrogens (tertiary/aromatic N) is 2. The Hall–Kier alpha value is -3.88. The van der Waals surface area contributed by atoms with Gasteiger partial charge in [-0.2, -0.15) is 0 Å². The number of rotatable bonds is 7. The average molecular weight is 398 g/mol. The summed E-state index contributed by atoms with van der Waals surface area (Å²) >= 11 is 0. The minimum absolute atomic E-state index is 0.137. The van der Waals surface area contributed by atoms with Crippen molar-refractivity contribution in [3.63, 3.8) is 0 Å². The number of anilines is 3. The molecular weight excluding hydrogens is 379 g/mol. The van der Waals surface area contributed by atoms with Crippen LogP contribution in [0.3, 0.4) is 0 Å². The van der Waals surface area contributed by atoms with Gasteiger partial charge in [0.2, 0.25) is 11.7 Å². The highest BCUT2D eigenvalue weighted by Crippen LogP contribution is 2.40. The Balaban J connectivity index is 1.80. The maximum atomic E-state index is 13.0. The molecule has 0 radical (unpaired) electrons. The topological polar surface area (TPSA) is 94.6 Å². The van der Waals surface area contributed by atoms with E-state index < -0.39 is 5.91 Å². The van der Waals surface area contributed by atoms with Crippen LogP contribution in [0.15, 0.2) is 48.7 Å². The van der Waals surface area contributed by atoms with E-state index in [0.29, 0.717) is 28.6 Å². The minimum atomic E-state index is -0.455. The maximum Gasteiger partial charge on any atom is 0.274 e. The molecule has 1 heterocycles. The molecule has 0 bridgehead atoms. The van der Waals surface area contributed by atoms with E-state index in [9.17, 15) is 9.18 Å². The largest absolute Gasteiger partial charge is 0.493 e. The third kappa shape index (κ3) is 4.70. The van der Waals surface area contributed by atoms with Crippen LogP contribution >= 0.6 is 0 Å². The molecule has 0 spiro atoms. The van der Waals surface area contributed by atoms with Gasteiger partial charge in [0.15, 0.2) is 11.5 Å². The molecule has 9 heteroatoms. The molecular formula is C20H19FN4O4. The molecule has 1 amide bonds. The quantitative estimate of drug-likeness (QED) is 0.627. The van der Waals surface area contributed by atoms with E-state index >= 15 is 0 Å². The standard InChI is InChI=1S/C20H19FN4O4/c1-27-16-10-14(11-17(28-2)18(16)29-3)23-19(26)15-8-9-22-20(25-15)24-13-6-4-12(21)5-7-13/h4-11H,1-3H3,(H,23,26)(H,22,24,25). The van der Waals surface area contributed by atoms with Gasteiger partial charge in [0, 0.05) is 29.7 Å². The zero-order valence-electron chi connectivity index (χ0n) is 16.0. The van der Waals surface area contributed by atoms with E-state index in [2.05, 4.69) is 20.6 Å². The molecule has 29 heavy (non-hydrogen) atoms. The lowest BCUT2D eigenvalue weighted by Crippen LogP contribution is -2.15. The fourth-order valence-electron chi connectivity index (χ4n) is 2.56. The number of nitrogens with one attached hydrogen (secondary N) is 2. The number of amides is 1. The minimum Gasteiger partial charge on any atom is -0.493 e. The van der Waals surface area contributed by atoms with Crippen LogP contribution in [0.5, 0.6) is 17.2 Å². The zero-order valence-corrected chi connectivity index (χ0v) is 16.0. The van der Waals surface area contributed by atoms with Crippen molar-refractivity contribution in [2.24, 2.45) is 0 Å². The molecule has 0 aliphatic rings. The first kappa shape index (κ1) is 19.9. The van der Waals surface area contributed by atoms with Gasteiger partial charge >= 0.3 is 0 Å². The highest BCUT2D eigenvalue weighted by Gasteiger charge is 2.16. The van der Waals surface area contributed by atoms with E-state index in [0.717, 1.165) is 0 Å². The summed E-state index contributed by atoms with van der Waals surface area (Å²) in [5.41, 5.74) is 1.17. The van der Waals surface area contributed by atoms with E-state index in [1.807, 2.05) is 0 Å². The third-order valence-corrected chi connectivity index (χ3v) is 3.91. The summed E-state index contributed by atoms with van der Waals surface area (Å²) in [6.07, 6.45) is 1.45. The van der Waals surface area contributed by atoms with Crippen molar-refractivity contribution in [3.05, 3.63) is 60.2 Å². The van der Waals surface area contributed by atoms with Gasteiger partial charge in [0.25, 0.3) is 5.91 Å². The van der Waals surface area contributed by atoms with Crippen molar-refractivity contribution in [2.75, 3.05) is 32.0 Å². The second-order valence-corrected chi connectivity index (χ2v) is 5.77. The van der Waals surface area contributed by atoms with Crippen LogP contribution in [0.2, 0.25) is 0 Å². The molecule has 0 atom stereocenters. The molecule has 2 N–H and O–H groups in total. The lowest BCUT2D eigenvalue weighted by atomic mass is 10.2. The van der Waals surface area contributed by atoms with Gasteiger partial charge in [0.1, 0.15) is 11.5 Å². The molecule has 150 valence electrons. The second-order valence-electron chi connectivity index (χ2n) is 5.77. The smallest absolute Gasteiger partial charge is 0.274 e. The van der Waals surface area contributed by atoms with Gasteiger partial charge in [-0.05, 0) is 30.3 Å². The van der Waals surface area contributed by atoms with Gasteiger partial charge in [0.05, 0.1) is 21.3 Å². The Morgan fingerprint density at radius 1 is 0.931 bits per heavy atom. The monoisotopic (exact) mass is 398 g/mol. The number of hydrogen-bond acceptors (Lipinski definition) is 7. The molecule has 3 aromatic rings. The normalized spacial score (nSPS) is 10.2. The summed E-state index contributed by atoms with van der Waals surface area (Å²) in [4.78, 5) is 20.9. The van der Waals surface area contributed by atoms with Crippen LogP contribution in [-0.4, -0.2) is 37.2 Å². The van der Waals surface area contributed by atoms with Crippen LogP contribution in [-0.2, 0) is 0 Å². The van der Waals surface area contributed by atoms with Crippen molar-refractivity contribution >= 4 is 23.2 Å². The summed E-state index contributed by atoms with van der Waals surface area (Å²) in [6, 6.07) is 10.4. The van der Waals surface area contributed by atoms with E-state index in [1.54, 1.807) is 24.3 Å². The number of ether oxygens (including phenoxy) is 3. The lowest BCUT2D eigenvalue weighted by molar-refractivity contribution is 0.102. The predicted octanol–water partition coefficient (Wildman–Crippen LogP) is 3.64. The lowest BCUT2D eigenvalue weighted by Gasteiger charge is -2.14. The summed E-state index contributed by atoms with van der Waals surface area (Å²) in [6.45, 7) is 0. The summed E-state index contributed by atoms with van der Waals surface area (Å²) in [5.74, 6) is 0.626. The van der Waals surface area contributed by atoms with E-state index in [-0.39, 0.29) is 17.5 Å². The first-order valence-corrected chi connectivity index (χ1v) is 8.51. The van der Waals surface area contributed by atoms with Gasteiger partial charge < -0.3 is 24.8 Å². The molecule has 2 aromatic carbocycles. The number of hydrogen-bond donors (Lipinski definition) is 2. The van der Waals surface area contributed by atoms with Gasteiger partial charge in [-0.1, -0.05) is 0 Å². The number of aromatic nitrogens is 2. The molecule has 0 fully saturated rings. The highest BCUT2D eigenvalue weighted by molar-refractivity contribution is 6.03. The Labute approximate surface area is 166 Å². The number of halogens is 1. The highest BCUT2D eigenvalue weighted by atomic mass is 19.1. The van der Waals surface area contributed by atoms with Crippen LogP contribution in [0.1, 0.15) is 10.5 Å². The molecule has 0 saturated heterocycles. The summed E-state index contributed by atoms with van der Waals surface area (Å²) in [7, 11) is 4.47. The molecule has 0 aliphatic heterocycles. The average Bonchev–Trinajstić information content (AvgIpc) is 2.74. The fraction of sp³-hybridized carbons (Fsp3) is 0.150. The molecule has 8 nitrogen and oxygen atoms in total. The van der Waals surface area contributed by atoms with Crippen molar-refractivity contribution in [1.82, 2.24) is 9.97 Å². The van der Waals surface area contributed by atoms with Crippen LogP contribution in [0.4, 0.5) is 21.7 Å². The van der Waals surface area contributed by atoms with Crippen LogP contribution < -0.4 is 24.8 Å². The Kier molecular flexibility index (Phi) is 6.08. The van der Waals surface area contributed by atoms with Gasteiger partial charge in [-0.15, -0.1) is 0 Å². The van der Waals surface area contributed by atoms with Gasteiger partial charge in [-0.3, -0.25) is 4.79 Å². The first-order valence-electron chi connectivity index (χ1n) is 8.51. The first-order chi connectivity index (χ1) is 14.0. The van der Waals surface area contributed by atoms with Crippen molar-refractivity contribution in [2.45, 2.75) is 0 Å². The molecule has 3 rings (SSSR count). The van der Waals surface area contributed by atoms with Crippen LogP contribution in [0.25, 0.3) is 0 Å². The van der Waals surface area contributed by atoms with E-state index in [4.69, 9.17) is 14.2 Å². The summed E-state index contributed by atoms with van der Waals surface area (Å²) < 4.78 is 28.9.